The van der Waals surface area contributed by atoms with Crippen molar-refractivity contribution in [3.63, 3.8) is 0 Å². The van der Waals surface area contributed by atoms with E-state index in [4.69, 9.17) is 5.73 Å². The van der Waals surface area contributed by atoms with E-state index >= 15 is 0 Å². The highest BCUT2D eigenvalue weighted by atomic mass is 35.5. The molecule has 0 saturated carbocycles. The fourth-order valence-corrected chi connectivity index (χ4v) is 2.71. The van der Waals surface area contributed by atoms with Crippen LogP contribution in [0.3, 0.4) is 0 Å². The molecule has 0 aliphatic heterocycles. The molecule has 2 heteroatoms. The summed E-state index contributed by atoms with van der Waals surface area (Å²) in [6.07, 6.45) is 3.73. The molecule has 2 aromatic carbocycles. The predicted molar refractivity (Wildman–Crippen MR) is 83.7 cm³/mol. The molecule has 0 amide bonds. The van der Waals surface area contributed by atoms with Crippen LogP contribution >= 0.6 is 12.4 Å². The number of hydrogen-bond acceptors (Lipinski definition) is 1. The van der Waals surface area contributed by atoms with Crippen LogP contribution in [0.5, 0.6) is 0 Å². The van der Waals surface area contributed by atoms with Crippen molar-refractivity contribution in [2.24, 2.45) is 5.73 Å². The molecule has 1 aliphatic rings. The van der Waals surface area contributed by atoms with Gasteiger partial charge in [0.15, 0.2) is 0 Å². The number of hydrogen-bond donors (Lipinski definition) is 1. The Morgan fingerprint density at radius 1 is 1.11 bits per heavy atom. The first kappa shape index (κ1) is 13.9. The average molecular weight is 272 g/mol. The SMILES string of the molecule is C=CC[C@H](N)c1ccc2c(c1)Cc1ccccc1-2.Cl. The van der Waals surface area contributed by atoms with Crippen molar-refractivity contribution in [2.75, 3.05) is 0 Å². The van der Waals surface area contributed by atoms with Crippen LogP contribution < -0.4 is 5.73 Å². The number of benzene rings is 2. The standard InChI is InChI=1S/C17H17N.ClH/c1-2-5-17(18)13-8-9-16-14(11-13)10-12-6-3-4-7-15(12)16;/h2-4,6-9,11,17H,1,5,10,18H2;1H/t17-;/m0./s1. The third kappa shape index (κ3) is 2.44. The third-order valence-corrected chi connectivity index (χ3v) is 3.67. The van der Waals surface area contributed by atoms with Crippen molar-refractivity contribution in [1.82, 2.24) is 0 Å². The normalized spacial score (nSPS) is 13.1. The maximum atomic E-state index is 6.13. The van der Waals surface area contributed by atoms with Crippen LogP contribution in [0.4, 0.5) is 0 Å². The monoisotopic (exact) mass is 271 g/mol. The molecule has 1 nitrogen and oxygen atoms in total. The molecule has 0 unspecified atom stereocenters. The van der Waals surface area contributed by atoms with Gasteiger partial charge in [-0.1, -0.05) is 48.5 Å². The quantitative estimate of drug-likeness (QED) is 0.708. The molecule has 0 bridgehead atoms. The molecule has 0 spiro atoms. The smallest absolute Gasteiger partial charge is 0.0329 e. The van der Waals surface area contributed by atoms with Gasteiger partial charge in [-0.2, -0.15) is 0 Å². The number of fused-ring (bicyclic) bond motifs is 3. The third-order valence-electron chi connectivity index (χ3n) is 3.67. The Hall–Kier alpha value is -1.57. The predicted octanol–water partition coefficient (Wildman–Crippen LogP) is 4.26. The second-order valence-corrected chi connectivity index (χ2v) is 4.88. The van der Waals surface area contributed by atoms with Crippen LogP contribution in [0, 0.1) is 0 Å². The lowest BCUT2D eigenvalue weighted by atomic mass is 9.98. The molecule has 98 valence electrons. The topological polar surface area (TPSA) is 26.0 Å². The number of halogens is 1. The zero-order valence-corrected chi connectivity index (χ0v) is 11.6. The second-order valence-electron chi connectivity index (χ2n) is 4.88. The Kier molecular flexibility index (Phi) is 4.08. The molecule has 0 heterocycles. The fraction of sp³-hybridized carbons (Fsp3) is 0.176. The largest absolute Gasteiger partial charge is 0.324 e. The summed E-state index contributed by atoms with van der Waals surface area (Å²) in [5, 5.41) is 0. The summed E-state index contributed by atoms with van der Waals surface area (Å²) in [5.74, 6) is 0. The molecule has 1 aliphatic carbocycles. The Balaban J connectivity index is 0.00000133. The van der Waals surface area contributed by atoms with E-state index in [2.05, 4.69) is 49.0 Å². The lowest BCUT2D eigenvalue weighted by Gasteiger charge is -2.11. The fourth-order valence-electron chi connectivity index (χ4n) is 2.71. The van der Waals surface area contributed by atoms with Crippen molar-refractivity contribution >= 4 is 12.4 Å². The minimum Gasteiger partial charge on any atom is -0.324 e. The lowest BCUT2D eigenvalue weighted by molar-refractivity contribution is 0.741. The maximum absolute atomic E-state index is 6.13. The van der Waals surface area contributed by atoms with Crippen molar-refractivity contribution in [1.29, 1.82) is 0 Å². The first-order valence-electron chi connectivity index (χ1n) is 6.37. The van der Waals surface area contributed by atoms with Crippen LogP contribution in [0.15, 0.2) is 55.1 Å². The zero-order chi connectivity index (χ0) is 12.5. The maximum Gasteiger partial charge on any atom is 0.0329 e. The zero-order valence-electron chi connectivity index (χ0n) is 10.8. The summed E-state index contributed by atoms with van der Waals surface area (Å²) < 4.78 is 0. The molecule has 2 aromatic rings. The van der Waals surface area contributed by atoms with Crippen LogP contribution in [-0.4, -0.2) is 0 Å². The van der Waals surface area contributed by atoms with Gasteiger partial charge >= 0.3 is 0 Å². The van der Waals surface area contributed by atoms with Crippen LogP contribution in [0.1, 0.15) is 29.2 Å². The first-order chi connectivity index (χ1) is 8.79. The summed E-state index contributed by atoms with van der Waals surface area (Å²) in [6.45, 7) is 3.75. The van der Waals surface area contributed by atoms with E-state index < -0.39 is 0 Å². The van der Waals surface area contributed by atoms with Gasteiger partial charge in [0, 0.05) is 6.04 Å². The van der Waals surface area contributed by atoms with Gasteiger partial charge in [-0.05, 0) is 40.7 Å². The molecule has 0 fully saturated rings. The molecule has 0 radical (unpaired) electrons. The Labute approximate surface area is 120 Å². The van der Waals surface area contributed by atoms with Gasteiger partial charge in [-0.15, -0.1) is 19.0 Å². The summed E-state index contributed by atoms with van der Waals surface area (Å²) in [6, 6.07) is 15.3. The molecular formula is C17H18ClN. The minimum atomic E-state index is 0. The van der Waals surface area contributed by atoms with Crippen LogP contribution in [-0.2, 0) is 6.42 Å². The molecular weight excluding hydrogens is 254 g/mol. The first-order valence-corrected chi connectivity index (χ1v) is 6.37. The van der Waals surface area contributed by atoms with Gasteiger partial charge in [0.2, 0.25) is 0 Å². The van der Waals surface area contributed by atoms with Crippen molar-refractivity contribution in [3.05, 3.63) is 71.8 Å². The summed E-state index contributed by atoms with van der Waals surface area (Å²) in [7, 11) is 0. The minimum absolute atomic E-state index is 0. The van der Waals surface area contributed by atoms with E-state index in [1.54, 1.807) is 0 Å². The average Bonchev–Trinajstić information content (AvgIpc) is 2.76. The van der Waals surface area contributed by atoms with Gasteiger partial charge < -0.3 is 5.73 Å². The Morgan fingerprint density at radius 2 is 1.84 bits per heavy atom. The number of rotatable bonds is 3. The van der Waals surface area contributed by atoms with Crippen LogP contribution in [0.2, 0.25) is 0 Å². The van der Waals surface area contributed by atoms with E-state index in [9.17, 15) is 0 Å². The molecule has 3 rings (SSSR count). The molecule has 1 atom stereocenters. The highest BCUT2D eigenvalue weighted by Gasteiger charge is 2.18. The van der Waals surface area contributed by atoms with E-state index in [0.717, 1.165) is 12.8 Å². The van der Waals surface area contributed by atoms with E-state index in [1.807, 2.05) is 6.08 Å². The van der Waals surface area contributed by atoms with Crippen molar-refractivity contribution < 1.29 is 0 Å². The summed E-state index contributed by atoms with van der Waals surface area (Å²) >= 11 is 0. The highest BCUT2D eigenvalue weighted by molar-refractivity contribution is 5.85. The lowest BCUT2D eigenvalue weighted by Crippen LogP contribution is -2.09. The van der Waals surface area contributed by atoms with Crippen molar-refractivity contribution in [2.45, 2.75) is 18.9 Å². The van der Waals surface area contributed by atoms with Gasteiger partial charge in [-0.25, -0.2) is 0 Å². The summed E-state index contributed by atoms with van der Waals surface area (Å²) in [4.78, 5) is 0. The van der Waals surface area contributed by atoms with Gasteiger partial charge in [-0.3, -0.25) is 0 Å². The molecule has 0 saturated heterocycles. The molecule has 19 heavy (non-hydrogen) atoms. The van der Waals surface area contributed by atoms with Gasteiger partial charge in [0.05, 0.1) is 0 Å². The molecule has 0 aromatic heterocycles. The Morgan fingerprint density at radius 3 is 2.63 bits per heavy atom. The second kappa shape index (κ2) is 5.60. The van der Waals surface area contributed by atoms with Crippen LogP contribution in [0.25, 0.3) is 11.1 Å². The molecule has 2 N–H and O–H groups in total. The van der Waals surface area contributed by atoms with E-state index in [0.29, 0.717) is 0 Å². The Bertz CT molecular complexity index is 604. The summed E-state index contributed by atoms with van der Waals surface area (Å²) in [5.41, 5.74) is 12.9. The number of nitrogens with two attached hydrogens (primary N) is 1. The van der Waals surface area contributed by atoms with Crippen molar-refractivity contribution in [3.8, 4) is 11.1 Å². The highest BCUT2D eigenvalue weighted by Crippen LogP contribution is 2.37. The van der Waals surface area contributed by atoms with Gasteiger partial charge in [0.1, 0.15) is 0 Å². The van der Waals surface area contributed by atoms with E-state index in [-0.39, 0.29) is 18.4 Å². The van der Waals surface area contributed by atoms with E-state index in [1.165, 1.54) is 27.8 Å². The van der Waals surface area contributed by atoms with Gasteiger partial charge in [0.25, 0.3) is 0 Å².